The first kappa shape index (κ1) is 13.2. The third kappa shape index (κ3) is 2.79. The predicted octanol–water partition coefficient (Wildman–Crippen LogP) is 1.58. The molecule has 0 atom stereocenters. The highest BCUT2D eigenvalue weighted by molar-refractivity contribution is 6.30. The molecule has 0 radical (unpaired) electrons. The molecule has 0 saturated carbocycles. The maximum absolute atomic E-state index is 11.4. The van der Waals surface area contributed by atoms with E-state index in [2.05, 4.69) is 15.0 Å². The zero-order valence-electron chi connectivity index (χ0n) is 10.0. The number of carbonyl (C=O) groups excluding carboxylic acids is 2. The van der Waals surface area contributed by atoms with Gasteiger partial charge in [-0.3, -0.25) is 4.79 Å². The van der Waals surface area contributed by atoms with E-state index in [-0.39, 0.29) is 11.4 Å². The minimum Gasteiger partial charge on any atom is -0.464 e. The van der Waals surface area contributed by atoms with Crippen molar-refractivity contribution in [3.05, 3.63) is 46.2 Å². The number of nitrogens with zero attached hydrogens (tertiary/aromatic N) is 3. The Morgan fingerprint density at radius 3 is 2.95 bits per heavy atom. The molecule has 7 heteroatoms. The Balaban J connectivity index is 2.33. The summed E-state index contributed by atoms with van der Waals surface area (Å²) in [4.78, 5) is 22.4. The van der Waals surface area contributed by atoms with Gasteiger partial charge in [0.2, 0.25) is 5.69 Å². The van der Waals surface area contributed by atoms with Gasteiger partial charge in [-0.05, 0) is 17.7 Å². The number of aromatic nitrogens is 3. The molecule has 0 aliphatic rings. The molecule has 0 fully saturated rings. The monoisotopic (exact) mass is 279 g/mol. The molecule has 0 amide bonds. The van der Waals surface area contributed by atoms with Crippen LogP contribution in [0.5, 0.6) is 0 Å². The average Bonchev–Trinajstić information content (AvgIpc) is 2.80. The maximum Gasteiger partial charge on any atom is 0.361 e. The van der Waals surface area contributed by atoms with Gasteiger partial charge in [-0.2, -0.15) is 0 Å². The third-order valence-electron chi connectivity index (χ3n) is 2.49. The molecule has 0 aliphatic carbocycles. The minimum absolute atomic E-state index is 0.0758. The summed E-state index contributed by atoms with van der Waals surface area (Å²) in [6, 6.07) is 7.11. The van der Waals surface area contributed by atoms with Gasteiger partial charge in [0.25, 0.3) is 0 Å². The lowest BCUT2D eigenvalue weighted by atomic mass is 10.2. The van der Waals surface area contributed by atoms with Gasteiger partial charge < -0.3 is 4.74 Å². The van der Waals surface area contributed by atoms with Crippen molar-refractivity contribution in [2.75, 3.05) is 7.11 Å². The highest BCUT2D eigenvalue weighted by Gasteiger charge is 2.19. The van der Waals surface area contributed by atoms with E-state index in [0.29, 0.717) is 17.9 Å². The van der Waals surface area contributed by atoms with Gasteiger partial charge in [-0.25, -0.2) is 9.48 Å². The van der Waals surface area contributed by atoms with Gasteiger partial charge >= 0.3 is 5.97 Å². The Bertz CT molecular complexity index is 624. The highest BCUT2D eigenvalue weighted by atomic mass is 35.5. The SMILES string of the molecule is COC(=O)c1nnn(Cc2cccc(Cl)c2)c1C=O. The maximum atomic E-state index is 11.4. The first-order valence-electron chi connectivity index (χ1n) is 5.37. The van der Waals surface area contributed by atoms with Crippen LogP contribution in [0.2, 0.25) is 5.02 Å². The van der Waals surface area contributed by atoms with Crippen LogP contribution in [0.25, 0.3) is 0 Å². The Morgan fingerprint density at radius 2 is 2.32 bits per heavy atom. The minimum atomic E-state index is -0.695. The second-order valence-corrected chi connectivity index (χ2v) is 4.16. The lowest BCUT2D eigenvalue weighted by Gasteiger charge is -2.03. The first-order valence-corrected chi connectivity index (χ1v) is 5.75. The van der Waals surface area contributed by atoms with Gasteiger partial charge in [0, 0.05) is 5.02 Å². The van der Waals surface area contributed by atoms with Crippen molar-refractivity contribution < 1.29 is 14.3 Å². The summed E-state index contributed by atoms with van der Waals surface area (Å²) in [5.74, 6) is -0.695. The summed E-state index contributed by atoms with van der Waals surface area (Å²) in [7, 11) is 1.22. The van der Waals surface area contributed by atoms with Crippen LogP contribution in [-0.4, -0.2) is 34.4 Å². The van der Waals surface area contributed by atoms with Crippen molar-refractivity contribution in [2.24, 2.45) is 0 Å². The molecule has 0 aliphatic heterocycles. The first-order chi connectivity index (χ1) is 9.15. The van der Waals surface area contributed by atoms with E-state index in [1.807, 2.05) is 6.07 Å². The van der Waals surface area contributed by atoms with E-state index < -0.39 is 5.97 Å². The Hall–Kier alpha value is -2.21. The summed E-state index contributed by atoms with van der Waals surface area (Å²) in [6.07, 6.45) is 0.525. The fraction of sp³-hybridized carbons (Fsp3) is 0.167. The van der Waals surface area contributed by atoms with Gasteiger partial charge in [-0.1, -0.05) is 28.9 Å². The van der Waals surface area contributed by atoms with E-state index in [9.17, 15) is 9.59 Å². The number of halogens is 1. The van der Waals surface area contributed by atoms with Crippen LogP contribution >= 0.6 is 11.6 Å². The number of esters is 1. The van der Waals surface area contributed by atoms with Crippen molar-refractivity contribution >= 4 is 23.9 Å². The average molecular weight is 280 g/mol. The largest absolute Gasteiger partial charge is 0.464 e. The molecule has 6 nitrogen and oxygen atoms in total. The third-order valence-corrected chi connectivity index (χ3v) is 2.72. The molecule has 98 valence electrons. The summed E-state index contributed by atoms with van der Waals surface area (Å²) in [6.45, 7) is 0.290. The number of hydrogen-bond acceptors (Lipinski definition) is 5. The predicted molar refractivity (Wildman–Crippen MR) is 67.3 cm³/mol. The molecule has 1 heterocycles. The Kier molecular flexibility index (Phi) is 3.91. The molecule has 1 aromatic heterocycles. The smallest absolute Gasteiger partial charge is 0.361 e. The van der Waals surface area contributed by atoms with Crippen LogP contribution in [0.1, 0.15) is 26.5 Å². The van der Waals surface area contributed by atoms with Crippen LogP contribution in [-0.2, 0) is 11.3 Å². The van der Waals surface area contributed by atoms with E-state index in [1.165, 1.54) is 11.8 Å². The van der Waals surface area contributed by atoms with Gasteiger partial charge in [0.15, 0.2) is 6.29 Å². The number of carbonyl (C=O) groups is 2. The molecule has 0 spiro atoms. The topological polar surface area (TPSA) is 74.1 Å². The summed E-state index contributed by atoms with van der Waals surface area (Å²) in [5, 5.41) is 8.00. The van der Waals surface area contributed by atoms with Crippen LogP contribution in [0.3, 0.4) is 0 Å². The number of hydrogen-bond donors (Lipinski definition) is 0. The normalized spacial score (nSPS) is 10.2. The molecule has 1 aromatic carbocycles. The van der Waals surface area contributed by atoms with Gasteiger partial charge in [-0.15, -0.1) is 5.10 Å². The van der Waals surface area contributed by atoms with E-state index in [1.54, 1.807) is 18.2 Å². The van der Waals surface area contributed by atoms with Crippen LogP contribution in [0.15, 0.2) is 24.3 Å². The molecule has 0 bridgehead atoms. The van der Waals surface area contributed by atoms with E-state index in [0.717, 1.165) is 5.56 Å². The van der Waals surface area contributed by atoms with Crippen LogP contribution in [0, 0.1) is 0 Å². The van der Waals surface area contributed by atoms with E-state index in [4.69, 9.17) is 11.6 Å². The van der Waals surface area contributed by atoms with Crippen molar-refractivity contribution in [1.29, 1.82) is 0 Å². The molecular formula is C12H10ClN3O3. The zero-order valence-corrected chi connectivity index (χ0v) is 10.8. The number of aldehydes is 1. The fourth-order valence-electron chi connectivity index (χ4n) is 1.60. The van der Waals surface area contributed by atoms with Crippen LogP contribution < -0.4 is 0 Å². The van der Waals surface area contributed by atoms with E-state index >= 15 is 0 Å². The van der Waals surface area contributed by atoms with Crippen molar-refractivity contribution in [1.82, 2.24) is 15.0 Å². The van der Waals surface area contributed by atoms with Gasteiger partial charge in [0.1, 0.15) is 5.69 Å². The quantitative estimate of drug-likeness (QED) is 0.627. The fourth-order valence-corrected chi connectivity index (χ4v) is 1.82. The number of benzene rings is 1. The molecule has 2 rings (SSSR count). The van der Waals surface area contributed by atoms with Gasteiger partial charge in [0.05, 0.1) is 13.7 Å². The number of rotatable bonds is 4. The zero-order chi connectivity index (χ0) is 13.8. The Labute approximate surface area is 113 Å². The summed E-state index contributed by atoms with van der Waals surface area (Å²) >= 11 is 5.87. The lowest BCUT2D eigenvalue weighted by molar-refractivity contribution is 0.0591. The summed E-state index contributed by atoms with van der Waals surface area (Å²) in [5.41, 5.74) is 0.822. The second kappa shape index (κ2) is 5.62. The second-order valence-electron chi connectivity index (χ2n) is 3.72. The standard InChI is InChI=1S/C12H10ClN3O3/c1-19-12(18)11-10(7-17)16(15-14-11)6-8-3-2-4-9(13)5-8/h2-5,7H,6H2,1H3. The van der Waals surface area contributed by atoms with Crippen molar-refractivity contribution in [2.45, 2.75) is 6.54 Å². The Morgan fingerprint density at radius 1 is 1.53 bits per heavy atom. The molecule has 0 N–H and O–H groups in total. The molecule has 19 heavy (non-hydrogen) atoms. The molecule has 0 unspecified atom stereocenters. The highest BCUT2D eigenvalue weighted by Crippen LogP contribution is 2.13. The lowest BCUT2D eigenvalue weighted by Crippen LogP contribution is -2.09. The molecule has 2 aromatic rings. The molecular weight excluding hydrogens is 270 g/mol. The summed E-state index contributed by atoms with van der Waals surface area (Å²) < 4.78 is 5.85. The van der Waals surface area contributed by atoms with Crippen LogP contribution in [0.4, 0.5) is 0 Å². The molecule has 0 saturated heterocycles. The number of methoxy groups -OCH3 is 1. The number of ether oxygens (including phenoxy) is 1. The van der Waals surface area contributed by atoms with Crippen molar-refractivity contribution in [3.63, 3.8) is 0 Å². The van der Waals surface area contributed by atoms with Crippen molar-refractivity contribution in [3.8, 4) is 0 Å².